The molecule has 0 aliphatic heterocycles. The Kier molecular flexibility index (Phi) is 2.98. The number of alkyl halides is 2. The van der Waals surface area contributed by atoms with Gasteiger partial charge in [-0.05, 0) is 6.92 Å². The van der Waals surface area contributed by atoms with Crippen molar-refractivity contribution < 1.29 is 13.9 Å². The summed E-state index contributed by atoms with van der Waals surface area (Å²) in [6.45, 7) is 1.34. The zero-order valence-electron chi connectivity index (χ0n) is 7.43. The fraction of sp³-hybridized carbons (Fsp3) is 0.400. The molecule has 13 heavy (non-hydrogen) atoms. The lowest BCUT2D eigenvalue weighted by Crippen LogP contribution is -2.14. The Morgan fingerprint density at radius 1 is 1.23 bits per heavy atom. The van der Waals surface area contributed by atoms with Crippen LogP contribution in [0, 0.1) is 6.92 Å². The second-order valence-electron chi connectivity index (χ2n) is 3.04. The molecule has 0 saturated heterocycles. The summed E-state index contributed by atoms with van der Waals surface area (Å²) in [5.74, 6) is -2.91. The standard InChI is InChI=1S/C10H12F2O/c1-8-2-4-9(5-3-8)10(11,12)6-7-13/h2-5,13H,6-7H2,1H3. The SMILES string of the molecule is Cc1ccc(C(F)(F)CCO)cc1. The fourth-order valence-electron chi connectivity index (χ4n) is 1.08. The van der Waals surface area contributed by atoms with Crippen LogP contribution < -0.4 is 0 Å². The second-order valence-corrected chi connectivity index (χ2v) is 3.04. The molecule has 0 amide bonds. The number of hydrogen-bond donors (Lipinski definition) is 1. The normalized spacial score (nSPS) is 11.7. The number of halogens is 2. The maximum Gasteiger partial charge on any atom is 0.275 e. The van der Waals surface area contributed by atoms with E-state index in [1.165, 1.54) is 12.1 Å². The van der Waals surface area contributed by atoms with E-state index in [4.69, 9.17) is 5.11 Å². The molecule has 0 heterocycles. The van der Waals surface area contributed by atoms with Crippen molar-refractivity contribution in [3.63, 3.8) is 0 Å². The summed E-state index contributed by atoms with van der Waals surface area (Å²) in [4.78, 5) is 0. The molecule has 1 rings (SSSR count). The van der Waals surface area contributed by atoms with Crippen LogP contribution in [0.4, 0.5) is 8.78 Å². The number of aliphatic hydroxyl groups is 1. The molecule has 0 saturated carbocycles. The van der Waals surface area contributed by atoms with Crippen LogP contribution in [0.3, 0.4) is 0 Å². The molecule has 0 radical (unpaired) electrons. The monoisotopic (exact) mass is 186 g/mol. The van der Waals surface area contributed by atoms with Crippen LogP contribution in [0.5, 0.6) is 0 Å². The topological polar surface area (TPSA) is 20.2 Å². The van der Waals surface area contributed by atoms with Crippen molar-refractivity contribution in [1.82, 2.24) is 0 Å². The average molecular weight is 186 g/mol. The van der Waals surface area contributed by atoms with Gasteiger partial charge in [0.25, 0.3) is 5.92 Å². The first-order chi connectivity index (χ1) is 6.06. The predicted molar refractivity (Wildman–Crippen MR) is 46.8 cm³/mol. The van der Waals surface area contributed by atoms with Gasteiger partial charge >= 0.3 is 0 Å². The Balaban J connectivity index is 2.87. The molecule has 0 unspecified atom stereocenters. The van der Waals surface area contributed by atoms with Gasteiger partial charge in [0.1, 0.15) is 0 Å². The van der Waals surface area contributed by atoms with Crippen LogP contribution in [0.25, 0.3) is 0 Å². The molecule has 72 valence electrons. The zero-order chi connectivity index (χ0) is 9.90. The minimum Gasteiger partial charge on any atom is -0.396 e. The van der Waals surface area contributed by atoms with Crippen molar-refractivity contribution in [2.75, 3.05) is 6.61 Å². The predicted octanol–water partition coefficient (Wildman–Crippen LogP) is 2.47. The minimum absolute atomic E-state index is 0.0350. The van der Waals surface area contributed by atoms with Crippen LogP contribution in [0.2, 0.25) is 0 Å². The van der Waals surface area contributed by atoms with Gasteiger partial charge in [-0.2, -0.15) is 0 Å². The summed E-state index contributed by atoms with van der Waals surface area (Å²) in [5.41, 5.74) is 0.913. The molecule has 1 N–H and O–H groups in total. The summed E-state index contributed by atoms with van der Waals surface area (Å²) in [6.07, 6.45) is -0.518. The van der Waals surface area contributed by atoms with Gasteiger partial charge in [0.05, 0.1) is 0 Å². The summed E-state index contributed by atoms with van der Waals surface area (Å²) >= 11 is 0. The summed E-state index contributed by atoms with van der Waals surface area (Å²) in [6, 6.07) is 6.07. The van der Waals surface area contributed by atoms with Gasteiger partial charge in [-0.1, -0.05) is 29.8 Å². The largest absolute Gasteiger partial charge is 0.396 e. The molecule has 0 spiro atoms. The average Bonchev–Trinajstić information content (AvgIpc) is 2.05. The third-order valence-corrected chi connectivity index (χ3v) is 1.90. The van der Waals surface area contributed by atoms with Crippen LogP contribution in [-0.4, -0.2) is 11.7 Å². The number of rotatable bonds is 3. The smallest absolute Gasteiger partial charge is 0.275 e. The van der Waals surface area contributed by atoms with Crippen molar-refractivity contribution in [3.8, 4) is 0 Å². The second kappa shape index (κ2) is 3.83. The highest BCUT2D eigenvalue weighted by atomic mass is 19.3. The van der Waals surface area contributed by atoms with Crippen molar-refractivity contribution in [2.45, 2.75) is 19.3 Å². The number of benzene rings is 1. The summed E-state index contributed by atoms with van der Waals surface area (Å²) < 4.78 is 26.3. The van der Waals surface area contributed by atoms with Gasteiger partial charge in [0.15, 0.2) is 0 Å². The van der Waals surface area contributed by atoms with Crippen LogP contribution in [0.1, 0.15) is 17.5 Å². The Morgan fingerprint density at radius 2 is 1.77 bits per heavy atom. The fourth-order valence-corrected chi connectivity index (χ4v) is 1.08. The molecule has 0 aliphatic rings. The lowest BCUT2D eigenvalue weighted by Gasteiger charge is -2.15. The van der Waals surface area contributed by atoms with E-state index in [9.17, 15) is 8.78 Å². The molecule has 0 aliphatic carbocycles. The molecule has 3 heteroatoms. The summed E-state index contributed by atoms with van der Waals surface area (Å²) in [5, 5.41) is 8.44. The van der Waals surface area contributed by atoms with Crippen molar-refractivity contribution in [1.29, 1.82) is 0 Å². The van der Waals surface area contributed by atoms with E-state index in [0.717, 1.165) is 5.56 Å². The first-order valence-corrected chi connectivity index (χ1v) is 4.12. The lowest BCUT2D eigenvalue weighted by atomic mass is 10.0. The van der Waals surface area contributed by atoms with Crippen LogP contribution >= 0.6 is 0 Å². The molecule has 1 nitrogen and oxygen atoms in total. The molecule has 0 fully saturated rings. The third-order valence-electron chi connectivity index (χ3n) is 1.90. The maximum atomic E-state index is 13.1. The molecule has 1 aromatic rings. The van der Waals surface area contributed by atoms with E-state index in [2.05, 4.69) is 0 Å². The Morgan fingerprint density at radius 3 is 2.23 bits per heavy atom. The van der Waals surface area contributed by atoms with Crippen LogP contribution in [-0.2, 0) is 5.92 Å². The van der Waals surface area contributed by atoms with Crippen LogP contribution in [0.15, 0.2) is 24.3 Å². The number of aliphatic hydroxyl groups excluding tert-OH is 1. The highest BCUT2D eigenvalue weighted by Crippen LogP contribution is 2.31. The molecule has 1 aromatic carbocycles. The van der Waals surface area contributed by atoms with E-state index in [-0.39, 0.29) is 5.56 Å². The molecular formula is C10H12F2O. The Bertz CT molecular complexity index is 267. The van der Waals surface area contributed by atoms with E-state index >= 15 is 0 Å². The van der Waals surface area contributed by atoms with Gasteiger partial charge in [0, 0.05) is 18.6 Å². The van der Waals surface area contributed by atoms with Gasteiger partial charge < -0.3 is 5.11 Å². The van der Waals surface area contributed by atoms with Crippen molar-refractivity contribution in [2.24, 2.45) is 0 Å². The first-order valence-electron chi connectivity index (χ1n) is 4.12. The van der Waals surface area contributed by atoms with E-state index in [0.29, 0.717) is 0 Å². The molecule has 0 aromatic heterocycles. The number of aryl methyl sites for hydroxylation is 1. The summed E-state index contributed by atoms with van der Waals surface area (Å²) in [7, 11) is 0. The Labute approximate surface area is 76.0 Å². The zero-order valence-corrected chi connectivity index (χ0v) is 7.43. The maximum absolute atomic E-state index is 13.1. The van der Waals surface area contributed by atoms with Gasteiger partial charge in [-0.3, -0.25) is 0 Å². The van der Waals surface area contributed by atoms with E-state index < -0.39 is 19.0 Å². The Hall–Kier alpha value is -0.960. The van der Waals surface area contributed by atoms with Gasteiger partial charge in [-0.15, -0.1) is 0 Å². The molecular weight excluding hydrogens is 174 g/mol. The van der Waals surface area contributed by atoms with E-state index in [1.807, 2.05) is 6.92 Å². The number of hydrogen-bond acceptors (Lipinski definition) is 1. The third kappa shape index (κ3) is 2.49. The molecule has 0 bridgehead atoms. The highest BCUT2D eigenvalue weighted by molar-refractivity contribution is 5.24. The highest BCUT2D eigenvalue weighted by Gasteiger charge is 2.30. The van der Waals surface area contributed by atoms with Crippen molar-refractivity contribution >= 4 is 0 Å². The first kappa shape index (κ1) is 10.1. The molecule has 0 atom stereocenters. The lowest BCUT2D eigenvalue weighted by molar-refractivity contribution is -0.0269. The van der Waals surface area contributed by atoms with Crippen molar-refractivity contribution in [3.05, 3.63) is 35.4 Å². The minimum atomic E-state index is -2.91. The quantitative estimate of drug-likeness (QED) is 0.768. The van der Waals surface area contributed by atoms with Gasteiger partial charge in [-0.25, -0.2) is 8.78 Å². The van der Waals surface area contributed by atoms with E-state index in [1.54, 1.807) is 12.1 Å². The van der Waals surface area contributed by atoms with Gasteiger partial charge in [0.2, 0.25) is 0 Å².